The van der Waals surface area contributed by atoms with Gasteiger partial charge in [-0.3, -0.25) is 14.5 Å². The van der Waals surface area contributed by atoms with Crippen LogP contribution >= 0.6 is 0 Å². The number of amides is 1. The van der Waals surface area contributed by atoms with Crippen LogP contribution in [-0.2, 0) is 19.1 Å². The Labute approximate surface area is 152 Å². The molecule has 0 spiro atoms. The second-order valence-electron chi connectivity index (χ2n) is 6.72. The smallest absolute Gasteiger partial charge is 0.320 e. The Kier molecular flexibility index (Phi) is 5.27. The van der Waals surface area contributed by atoms with Gasteiger partial charge < -0.3 is 14.0 Å². The van der Waals surface area contributed by atoms with Crippen molar-refractivity contribution in [1.29, 1.82) is 0 Å². The number of carbonyl (C=O) groups excluding carboxylic acids is 2. The number of hydrogen-bond acceptors (Lipinski definition) is 5. The maximum Gasteiger partial charge on any atom is 0.320 e. The first-order chi connectivity index (χ1) is 12.5. The quantitative estimate of drug-likeness (QED) is 0.585. The Morgan fingerprint density at radius 3 is 2.69 bits per heavy atom. The summed E-state index contributed by atoms with van der Waals surface area (Å²) in [6.45, 7) is 6.69. The fourth-order valence-electron chi connectivity index (χ4n) is 3.63. The highest BCUT2D eigenvalue weighted by atomic mass is 16.5. The van der Waals surface area contributed by atoms with Crippen molar-refractivity contribution in [3.05, 3.63) is 24.3 Å². The van der Waals surface area contributed by atoms with Crippen LogP contribution in [0, 0.1) is 11.8 Å². The molecule has 7 nitrogen and oxygen atoms in total. The molecule has 0 N–H and O–H groups in total. The number of para-hydroxylation sites is 2. The van der Waals surface area contributed by atoms with Crippen molar-refractivity contribution in [3.8, 4) is 0 Å². The molecule has 1 aliphatic heterocycles. The lowest BCUT2D eigenvalue weighted by molar-refractivity contribution is -0.154. The number of rotatable bonds is 6. The van der Waals surface area contributed by atoms with Crippen LogP contribution < -0.4 is 4.90 Å². The zero-order chi connectivity index (χ0) is 18.8. The molecule has 0 aliphatic carbocycles. The van der Waals surface area contributed by atoms with Gasteiger partial charge in [0.25, 0.3) is 0 Å². The first kappa shape index (κ1) is 18.4. The molecule has 7 heteroatoms. The molecule has 26 heavy (non-hydrogen) atoms. The number of ether oxygens (including phenoxy) is 2. The molecule has 3 rings (SSSR count). The number of anilines is 1. The summed E-state index contributed by atoms with van der Waals surface area (Å²) in [6, 6.07) is 7.38. The molecular weight excluding hydrogens is 334 g/mol. The minimum atomic E-state index is -0.892. The normalized spacial score (nSPS) is 19.9. The Morgan fingerprint density at radius 1 is 1.31 bits per heavy atom. The van der Waals surface area contributed by atoms with E-state index >= 15 is 0 Å². The highest BCUT2D eigenvalue weighted by molar-refractivity contribution is 6.08. The van der Waals surface area contributed by atoms with E-state index in [9.17, 15) is 9.59 Å². The predicted molar refractivity (Wildman–Crippen MR) is 98.0 cm³/mol. The number of imidazole rings is 1. The minimum Gasteiger partial charge on any atom is -0.465 e. The third kappa shape index (κ3) is 2.96. The fourth-order valence-corrected chi connectivity index (χ4v) is 3.63. The summed E-state index contributed by atoms with van der Waals surface area (Å²) in [5, 5.41) is 0. The Morgan fingerprint density at radius 2 is 2.04 bits per heavy atom. The number of methoxy groups -OCH3 is 1. The molecule has 0 fully saturated rings. The Hall–Kier alpha value is -2.41. The summed E-state index contributed by atoms with van der Waals surface area (Å²) in [4.78, 5) is 32.1. The topological polar surface area (TPSA) is 73.7 Å². The van der Waals surface area contributed by atoms with Crippen LogP contribution in [0.4, 0.5) is 5.95 Å². The standard InChI is InChI=1S/C19H25N3O4/c1-5-26-18(24)15-16(12(2)3)22-14-9-7-6-8-13(14)20-19(22)21(17(15)23)10-11-25-4/h6-9,12,15-16H,5,10-11H2,1-4H3. The number of hydrogen-bond donors (Lipinski definition) is 0. The molecule has 2 atom stereocenters. The van der Waals surface area contributed by atoms with Crippen molar-refractivity contribution >= 4 is 28.9 Å². The van der Waals surface area contributed by atoms with Gasteiger partial charge in [-0.15, -0.1) is 0 Å². The van der Waals surface area contributed by atoms with Crippen LogP contribution in [-0.4, -0.2) is 48.3 Å². The predicted octanol–water partition coefficient (Wildman–Crippen LogP) is 2.41. The number of esters is 1. The average molecular weight is 359 g/mol. The van der Waals surface area contributed by atoms with Crippen LogP contribution in [0.3, 0.4) is 0 Å². The third-order valence-electron chi connectivity index (χ3n) is 4.73. The molecule has 1 aliphatic rings. The second-order valence-corrected chi connectivity index (χ2v) is 6.72. The molecule has 1 aromatic carbocycles. The summed E-state index contributed by atoms with van der Waals surface area (Å²) >= 11 is 0. The van der Waals surface area contributed by atoms with Crippen LogP contribution in [0.25, 0.3) is 11.0 Å². The van der Waals surface area contributed by atoms with E-state index in [0.717, 1.165) is 11.0 Å². The lowest BCUT2D eigenvalue weighted by Gasteiger charge is -2.39. The Balaban J connectivity index is 2.21. The van der Waals surface area contributed by atoms with Crippen molar-refractivity contribution in [1.82, 2.24) is 9.55 Å². The van der Waals surface area contributed by atoms with E-state index in [-0.39, 0.29) is 24.5 Å². The highest BCUT2D eigenvalue weighted by Gasteiger charge is 2.48. The second kappa shape index (κ2) is 7.45. The van der Waals surface area contributed by atoms with E-state index in [1.54, 1.807) is 18.9 Å². The average Bonchev–Trinajstić information content (AvgIpc) is 2.99. The zero-order valence-corrected chi connectivity index (χ0v) is 15.6. The molecule has 2 unspecified atom stereocenters. The van der Waals surface area contributed by atoms with Crippen molar-refractivity contribution in [2.75, 3.05) is 31.8 Å². The highest BCUT2D eigenvalue weighted by Crippen LogP contribution is 2.41. The van der Waals surface area contributed by atoms with Crippen molar-refractivity contribution in [2.45, 2.75) is 26.8 Å². The van der Waals surface area contributed by atoms with Gasteiger partial charge in [-0.2, -0.15) is 0 Å². The van der Waals surface area contributed by atoms with Crippen LogP contribution in [0.1, 0.15) is 26.8 Å². The van der Waals surface area contributed by atoms with E-state index < -0.39 is 11.9 Å². The van der Waals surface area contributed by atoms with Gasteiger partial charge in [0.1, 0.15) is 0 Å². The SMILES string of the molecule is CCOC(=O)C1C(=O)N(CCOC)c2nc3ccccc3n2C1C(C)C. The lowest BCUT2D eigenvalue weighted by Crippen LogP contribution is -2.51. The number of fused-ring (bicyclic) bond motifs is 3. The fraction of sp³-hybridized carbons (Fsp3) is 0.526. The van der Waals surface area contributed by atoms with Crippen molar-refractivity contribution < 1.29 is 19.1 Å². The number of nitrogens with zero attached hydrogens (tertiary/aromatic N) is 3. The largest absolute Gasteiger partial charge is 0.465 e. The van der Waals surface area contributed by atoms with E-state index in [0.29, 0.717) is 19.1 Å². The van der Waals surface area contributed by atoms with Gasteiger partial charge in [0, 0.05) is 7.11 Å². The van der Waals surface area contributed by atoms with Gasteiger partial charge in [-0.25, -0.2) is 4.98 Å². The maximum absolute atomic E-state index is 13.2. The van der Waals surface area contributed by atoms with Gasteiger partial charge >= 0.3 is 5.97 Å². The number of benzene rings is 1. The molecule has 0 saturated carbocycles. The van der Waals surface area contributed by atoms with Crippen LogP contribution in [0.15, 0.2) is 24.3 Å². The van der Waals surface area contributed by atoms with Crippen LogP contribution in [0.5, 0.6) is 0 Å². The van der Waals surface area contributed by atoms with E-state index in [1.807, 2.05) is 42.7 Å². The van der Waals surface area contributed by atoms with Gasteiger partial charge in [-0.1, -0.05) is 26.0 Å². The third-order valence-corrected chi connectivity index (χ3v) is 4.73. The maximum atomic E-state index is 13.2. The molecule has 140 valence electrons. The van der Waals surface area contributed by atoms with Crippen molar-refractivity contribution in [2.24, 2.45) is 11.8 Å². The molecular formula is C19H25N3O4. The van der Waals surface area contributed by atoms with E-state index in [2.05, 4.69) is 4.98 Å². The Bertz CT molecular complexity index is 814. The van der Waals surface area contributed by atoms with Gasteiger partial charge in [-0.05, 0) is 25.0 Å². The van der Waals surface area contributed by atoms with Gasteiger partial charge in [0.05, 0.1) is 36.8 Å². The van der Waals surface area contributed by atoms with E-state index in [1.165, 1.54) is 0 Å². The van der Waals surface area contributed by atoms with Crippen LogP contribution in [0.2, 0.25) is 0 Å². The monoisotopic (exact) mass is 359 g/mol. The molecule has 0 saturated heterocycles. The van der Waals surface area contributed by atoms with Gasteiger partial charge in [0.15, 0.2) is 5.92 Å². The first-order valence-electron chi connectivity index (χ1n) is 8.95. The first-order valence-corrected chi connectivity index (χ1v) is 8.95. The zero-order valence-electron chi connectivity index (χ0n) is 15.6. The molecule has 1 amide bonds. The minimum absolute atomic E-state index is 0.0503. The molecule has 0 radical (unpaired) electrons. The summed E-state index contributed by atoms with van der Waals surface area (Å²) in [5.74, 6) is -1.04. The summed E-state index contributed by atoms with van der Waals surface area (Å²) in [6.07, 6.45) is 0. The summed E-state index contributed by atoms with van der Waals surface area (Å²) in [7, 11) is 1.58. The molecule has 2 aromatic rings. The summed E-state index contributed by atoms with van der Waals surface area (Å²) in [5.41, 5.74) is 1.71. The molecule has 0 bridgehead atoms. The van der Waals surface area contributed by atoms with E-state index in [4.69, 9.17) is 9.47 Å². The summed E-state index contributed by atoms with van der Waals surface area (Å²) < 4.78 is 12.4. The molecule has 1 aromatic heterocycles. The lowest BCUT2D eigenvalue weighted by atomic mass is 9.87. The number of carbonyl (C=O) groups is 2. The molecule has 2 heterocycles. The van der Waals surface area contributed by atoms with Crippen molar-refractivity contribution in [3.63, 3.8) is 0 Å². The number of aromatic nitrogens is 2. The van der Waals surface area contributed by atoms with Gasteiger partial charge in [0.2, 0.25) is 11.9 Å².